The highest BCUT2D eigenvalue weighted by molar-refractivity contribution is 14.1. The summed E-state index contributed by atoms with van der Waals surface area (Å²) in [6.07, 6.45) is 1.58. The van der Waals surface area contributed by atoms with Crippen molar-refractivity contribution in [3.8, 4) is 5.75 Å². The summed E-state index contributed by atoms with van der Waals surface area (Å²) in [5, 5.41) is 15.8. The summed E-state index contributed by atoms with van der Waals surface area (Å²) in [6, 6.07) is 12.1. The fraction of sp³-hybridized carbons (Fsp3) is 0.167. The van der Waals surface area contributed by atoms with E-state index in [9.17, 15) is 14.7 Å². The molecule has 0 aliphatic carbocycles. The standard InChI is InChI=1S/C18H18IN3O3/c1-12-10-14(19)4-7-16(12)21-17(24)8-9-18(25)22-20-11-13-2-5-15(23)6-3-13/h2-7,10-11,23H,8-9H2,1H3,(H,21,24)(H,22,25)/b20-11+. The predicted octanol–water partition coefficient (Wildman–Crippen LogP) is 3.17. The van der Waals surface area contributed by atoms with E-state index in [0.717, 1.165) is 20.4 Å². The second kappa shape index (κ2) is 9.16. The number of benzene rings is 2. The van der Waals surface area contributed by atoms with Crippen molar-refractivity contribution in [2.24, 2.45) is 5.10 Å². The van der Waals surface area contributed by atoms with Gasteiger partial charge in [0.15, 0.2) is 0 Å². The highest BCUT2D eigenvalue weighted by atomic mass is 127. The van der Waals surface area contributed by atoms with Gasteiger partial charge in [0.2, 0.25) is 11.8 Å². The van der Waals surface area contributed by atoms with Crippen LogP contribution in [-0.2, 0) is 9.59 Å². The Bertz CT molecular complexity index is 789. The summed E-state index contributed by atoms with van der Waals surface area (Å²) in [5.74, 6) is -0.401. The molecule has 2 amide bonds. The molecule has 0 bridgehead atoms. The molecule has 0 radical (unpaired) electrons. The zero-order chi connectivity index (χ0) is 18.2. The van der Waals surface area contributed by atoms with Gasteiger partial charge in [0.25, 0.3) is 0 Å². The van der Waals surface area contributed by atoms with Gasteiger partial charge in [0, 0.05) is 22.1 Å². The number of anilines is 1. The van der Waals surface area contributed by atoms with Crippen LogP contribution >= 0.6 is 22.6 Å². The van der Waals surface area contributed by atoms with Gasteiger partial charge in [-0.2, -0.15) is 5.10 Å². The van der Waals surface area contributed by atoms with E-state index < -0.39 is 0 Å². The monoisotopic (exact) mass is 451 g/mol. The molecule has 2 aromatic carbocycles. The van der Waals surface area contributed by atoms with Crippen molar-refractivity contribution >= 4 is 46.3 Å². The first kappa shape index (κ1) is 18.9. The first-order valence-corrected chi connectivity index (χ1v) is 8.69. The molecule has 0 spiro atoms. The number of hydrogen-bond acceptors (Lipinski definition) is 4. The lowest BCUT2D eigenvalue weighted by atomic mass is 10.2. The number of phenolic OH excluding ortho intramolecular Hbond substituents is 1. The molecular formula is C18H18IN3O3. The number of rotatable bonds is 6. The molecule has 25 heavy (non-hydrogen) atoms. The lowest BCUT2D eigenvalue weighted by Gasteiger charge is -2.08. The molecule has 2 aromatic rings. The van der Waals surface area contributed by atoms with Crippen LogP contribution in [0.4, 0.5) is 5.69 Å². The van der Waals surface area contributed by atoms with E-state index in [0.29, 0.717) is 0 Å². The molecule has 3 N–H and O–H groups in total. The summed E-state index contributed by atoms with van der Waals surface area (Å²) in [6.45, 7) is 1.92. The van der Waals surface area contributed by atoms with Crippen LogP contribution in [0.1, 0.15) is 24.0 Å². The number of phenols is 1. The molecule has 130 valence electrons. The van der Waals surface area contributed by atoms with E-state index in [2.05, 4.69) is 38.4 Å². The van der Waals surface area contributed by atoms with Crippen molar-refractivity contribution in [3.63, 3.8) is 0 Å². The van der Waals surface area contributed by atoms with Crippen molar-refractivity contribution < 1.29 is 14.7 Å². The van der Waals surface area contributed by atoms with Crippen LogP contribution in [0.3, 0.4) is 0 Å². The SMILES string of the molecule is Cc1cc(I)ccc1NC(=O)CCC(=O)N/N=C/c1ccc(O)cc1. The molecule has 2 rings (SSSR count). The molecule has 0 saturated heterocycles. The molecule has 7 heteroatoms. The van der Waals surface area contributed by atoms with Gasteiger partial charge in [-0.1, -0.05) is 0 Å². The van der Waals surface area contributed by atoms with E-state index in [-0.39, 0.29) is 30.4 Å². The molecule has 0 aliphatic heterocycles. The van der Waals surface area contributed by atoms with Crippen LogP contribution < -0.4 is 10.7 Å². The van der Waals surface area contributed by atoms with Gasteiger partial charge in [0.1, 0.15) is 5.75 Å². The fourth-order valence-electron chi connectivity index (χ4n) is 2.00. The van der Waals surface area contributed by atoms with Crippen LogP contribution in [0.2, 0.25) is 0 Å². The Hall–Kier alpha value is -2.42. The van der Waals surface area contributed by atoms with Crippen molar-refractivity contribution in [1.29, 1.82) is 0 Å². The zero-order valence-electron chi connectivity index (χ0n) is 13.6. The largest absolute Gasteiger partial charge is 0.508 e. The Morgan fingerprint density at radius 2 is 1.80 bits per heavy atom. The molecule has 0 aromatic heterocycles. The molecule has 0 unspecified atom stereocenters. The van der Waals surface area contributed by atoms with Crippen LogP contribution in [0.15, 0.2) is 47.6 Å². The summed E-state index contributed by atoms with van der Waals surface area (Å²) in [4.78, 5) is 23.6. The Morgan fingerprint density at radius 3 is 2.48 bits per heavy atom. The van der Waals surface area contributed by atoms with Gasteiger partial charge in [-0.05, 0) is 83.1 Å². The van der Waals surface area contributed by atoms with Gasteiger partial charge in [-0.15, -0.1) is 0 Å². The smallest absolute Gasteiger partial charge is 0.240 e. The lowest BCUT2D eigenvalue weighted by molar-refractivity contribution is -0.124. The van der Waals surface area contributed by atoms with Crippen molar-refractivity contribution in [2.75, 3.05) is 5.32 Å². The van der Waals surface area contributed by atoms with Crippen LogP contribution in [0.5, 0.6) is 5.75 Å². The Balaban J connectivity index is 1.75. The maximum Gasteiger partial charge on any atom is 0.240 e. The predicted molar refractivity (Wildman–Crippen MR) is 106 cm³/mol. The Morgan fingerprint density at radius 1 is 1.12 bits per heavy atom. The molecular weight excluding hydrogens is 433 g/mol. The summed E-state index contributed by atoms with van der Waals surface area (Å²) in [5.41, 5.74) is 4.83. The maximum absolute atomic E-state index is 11.9. The average Bonchev–Trinajstić information content (AvgIpc) is 2.57. The number of aromatic hydroxyl groups is 1. The minimum atomic E-state index is -0.343. The summed E-state index contributed by atoms with van der Waals surface area (Å²) >= 11 is 2.21. The third kappa shape index (κ3) is 6.54. The highest BCUT2D eigenvalue weighted by Crippen LogP contribution is 2.18. The lowest BCUT2D eigenvalue weighted by Crippen LogP contribution is -2.20. The van der Waals surface area contributed by atoms with Gasteiger partial charge in [-0.25, -0.2) is 5.43 Å². The number of carbonyl (C=O) groups is 2. The summed E-state index contributed by atoms with van der Waals surface area (Å²) in [7, 11) is 0. The number of nitrogens with one attached hydrogen (secondary N) is 2. The third-order valence-corrected chi connectivity index (χ3v) is 4.01. The number of aryl methyl sites for hydroxylation is 1. The number of halogens is 1. The minimum absolute atomic E-state index is 0.0438. The van der Waals surface area contributed by atoms with Crippen LogP contribution in [-0.4, -0.2) is 23.1 Å². The van der Waals surface area contributed by atoms with Crippen LogP contribution in [0.25, 0.3) is 0 Å². The fourth-order valence-corrected chi connectivity index (χ4v) is 2.65. The first-order valence-electron chi connectivity index (χ1n) is 7.61. The number of hydrazone groups is 1. The molecule has 0 fully saturated rings. The van der Waals surface area contributed by atoms with Crippen molar-refractivity contribution in [3.05, 3.63) is 57.2 Å². The number of carbonyl (C=O) groups excluding carboxylic acids is 2. The van der Waals surface area contributed by atoms with E-state index in [4.69, 9.17) is 0 Å². The molecule has 0 heterocycles. The van der Waals surface area contributed by atoms with E-state index >= 15 is 0 Å². The van der Waals surface area contributed by atoms with Gasteiger partial charge < -0.3 is 10.4 Å². The Kier molecular flexibility index (Phi) is 6.93. The minimum Gasteiger partial charge on any atom is -0.508 e. The molecule has 0 saturated carbocycles. The quantitative estimate of drug-likeness (QED) is 0.358. The van der Waals surface area contributed by atoms with Crippen molar-refractivity contribution in [2.45, 2.75) is 19.8 Å². The van der Waals surface area contributed by atoms with E-state index in [1.807, 2.05) is 25.1 Å². The van der Waals surface area contributed by atoms with E-state index in [1.165, 1.54) is 18.3 Å². The normalized spacial score (nSPS) is 10.6. The maximum atomic E-state index is 11.9. The molecule has 6 nitrogen and oxygen atoms in total. The zero-order valence-corrected chi connectivity index (χ0v) is 15.8. The molecule has 0 atom stereocenters. The first-order chi connectivity index (χ1) is 11.9. The van der Waals surface area contributed by atoms with E-state index in [1.54, 1.807) is 12.1 Å². The number of nitrogens with zero attached hydrogens (tertiary/aromatic N) is 1. The summed E-state index contributed by atoms with van der Waals surface area (Å²) < 4.78 is 1.10. The van der Waals surface area contributed by atoms with Crippen molar-refractivity contribution in [1.82, 2.24) is 5.43 Å². The third-order valence-electron chi connectivity index (χ3n) is 3.34. The van der Waals surface area contributed by atoms with Gasteiger partial charge >= 0.3 is 0 Å². The van der Waals surface area contributed by atoms with Gasteiger partial charge in [-0.3, -0.25) is 9.59 Å². The Labute approximate surface area is 159 Å². The van der Waals surface area contributed by atoms with Crippen LogP contribution in [0, 0.1) is 10.5 Å². The topological polar surface area (TPSA) is 90.8 Å². The second-order valence-electron chi connectivity index (χ2n) is 5.39. The number of amides is 2. The average molecular weight is 451 g/mol. The molecule has 0 aliphatic rings. The highest BCUT2D eigenvalue weighted by Gasteiger charge is 2.08. The number of hydrogen-bond donors (Lipinski definition) is 3. The van der Waals surface area contributed by atoms with Gasteiger partial charge in [0.05, 0.1) is 6.21 Å². The second-order valence-corrected chi connectivity index (χ2v) is 6.64.